The summed E-state index contributed by atoms with van der Waals surface area (Å²) in [6.45, 7) is 0. The van der Waals surface area contributed by atoms with Crippen LogP contribution < -0.4 is 0 Å². The van der Waals surface area contributed by atoms with Gasteiger partial charge in [0.2, 0.25) is 0 Å². The Hall–Kier alpha value is -7.10. The topological polar surface area (TPSA) is 14.8 Å². The number of para-hydroxylation sites is 3. The summed E-state index contributed by atoms with van der Waals surface area (Å²) in [5.74, 6) is 0. The molecular formula is C50H33N3. The number of rotatable bonds is 3. The van der Waals surface area contributed by atoms with E-state index in [0.29, 0.717) is 0 Å². The second-order valence-corrected chi connectivity index (χ2v) is 13.9. The van der Waals surface area contributed by atoms with E-state index in [1.807, 2.05) is 0 Å². The normalized spacial score (nSPS) is 11.8. The number of aromatic nitrogens is 3. The largest absolute Gasteiger partial charge is 0.310 e. The zero-order valence-electron chi connectivity index (χ0n) is 28.9. The van der Waals surface area contributed by atoms with Crippen molar-refractivity contribution in [2.24, 2.45) is 0 Å². The molecule has 0 saturated heterocycles. The molecule has 3 heteroatoms. The Bertz CT molecular complexity index is 3270. The molecule has 0 N–H and O–H groups in total. The summed E-state index contributed by atoms with van der Waals surface area (Å²) in [5, 5.41) is 9.70. The third kappa shape index (κ3) is 4.75. The zero-order valence-corrected chi connectivity index (χ0v) is 28.9. The standard InChI is InChI=1S/C50H33N3/c1-3-13-38(14-4-1)51-40-17-9-11-36(29-40)37-12-10-18-41(30-37)52(43-26-24-35-22-21-34-23-25-42(51)31-47(34)48(35)32-43)44-27-28-46-45-19-7-8-20-49(45)53(50(46)33-44)39-15-5-2-6-16-39/h1-33H. The summed E-state index contributed by atoms with van der Waals surface area (Å²) in [6.07, 6.45) is 0. The Morgan fingerprint density at radius 2 is 0.717 bits per heavy atom. The molecule has 3 nitrogen and oxygen atoms in total. The summed E-state index contributed by atoms with van der Waals surface area (Å²) < 4.78 is 7.19. The summed E-state index contributed by atoms with van der Waals surface area (Å²) in [6, 6.07) is 73.2. The molecule has 0 unspecified atom stereocenters. The molecule has 11 rings (SSSR count). The third-order valence-electron chi connectivity index (χ3n) is 10.8. The molecule has 248 valence electrons. The van der Waals surface area contributed by atoms with Crippen molar-refractivity contribution < 1.29 is 0 Å². The van der Waals surface area contributed by atoms with Crippen LogP contribution >= 0.6 is 0 Å². The molecule has 11 aromatic rings. The fourth-order valence-corrected chi connectivity index (χ4v) is 8.38. The van der Waals surface area contributed by atoms with E-state index in [0.717, 1.165) is 44.5 Å². The minimum Gasteiger partial charge on any atom is -0.310 e. The fraction of sp³-hybridized carbons (Fsp3) is 0. The molecule has 53 heavy (non-hydrogen) atoms. The molecule has 0 aliphatic heterocycles. The van der Waals surface area contributed by atoms with Crippen molar-refractivity contribution >= 4 is 76.2 Å². The van der Waals surface area contributed by atoms with Crippen LogP contribution in [0.4, 0.5) is 0 Å². The Labute approximate surface area is 306 Å². The van der Waals surface area contributed by atoms with Gasteiger partial charge in [0.15, 0.2) is 0 Å². The quantitative estimate of drug-likeness (QED) is 0.166. The lowest BCUT2D eigenvalue weighted by atomic mass is 10.0. The van der Waals surface area contributed by atoms with Gasteiger partial charge in [-0.2, -0.15) is 0 Å². The molecule has 0 fully saturated rings. The van der Waals surface area contributed by atoms with Crippen LogP contribution in [0.25, 0.3) is 93.3 Å². The van der Waals surface area contributed by atoms with Gasteiger partial charge in [-0.1, -0.05) is 109 Å². The van der Waals surface area contributed by atoms with Crippen LogP contribution in [0.5, 0.6) is 0 Å². The van der Waals surface area contributed by atoms with Crippen molar-refractivity contribution in [3.63, 3.8) is 0 Å². The summed E-state index contributed by atoms with van der Waals surface area (Å²) in [5.41, 5.74) is 10.2. The van der Waals surface area contributed by atoms with E-state index in [-0.39, 0.29) is 0 Å². The van der Waals surface area contributed by atoms with Crippen molar-refractivity contribution in [1.29, 1.82) is 0 Å². The molecule has 0 saturated carbocycles. The Kier molecular flexibility index (Phi) is 6.55. The molecule has 0 spiro atoms. The van der Waals surface area contributed by atoms with Gasteiger partial charge in [0.1, 0.15) is 0 Å². The van der Waals surface area contributed by atoms with Crippen LogP contribution in [0.1, 0.15) is 0 Å². The maximum atomic E-state index is 2.42. The molecule has 0 aliphatic rings. The third-order valence-corrected chi connectivity index (χ3v) is 10.8. The number of hydrogen-bond donors (Lipinski definition) is 0. The second-order valence-electron chi connectivity index (χ2n) is 13.9. The molecule has 8 bridgehead atoms. The van der Waals surface area contributed by atoms with E-state index in [2.05, 4.69) is 214 Å². The first-order valence-electron chi connectivity index (χ1n) is 18.2. The van der Waals surface area contributed by atoms with Crippen LogP contribution in [-0.4, -0.2) is 13.7 Å². The Balaban J connectivity index is 1.31. The SMILES string of the molecule is c1ccc(-n2c3cccc(c3)c3cccc(c3)n(-c3ccc4c5ccccc5n(-c5ccccc5)c4c3)c3ccc4ccc5ccc2cc5c4c3)cc1. The van der Waals surface area contributed by atoms with Crippen LogP contribution in [0.2, 0.25) is 0 Å². The number of fused-ring (bicyclic) bond motifs is 10. The summed E-state index contributed by atoms with van der Waals surface area (Å²) in [4.78, 5) is 0. The predicted molar refractivity (Wildman–Crippen MR) is 225 cm³/mol. The molecule has 0 aliphatic carbocycles. The van der Waals surface area contributed by atoms with E-state index < -0.39 is 0 Å². The second kappa shape index (κ2) is 11.7. The van der Waals surface area contributed by atoms with Gasteiger partial charge in [-0.15, -0.1) is 0 Å². The average molecular weight is 676 g/mol. The molecule has 2 heterocycles. The Morgan fingerprint density at radius 3 is 1.34 bits per heavy atom. The highest BCUT2D eigenvalue weighted by atomic mass is 15.0. The highest BCUT2D eigenvalue weighted by Crippen LogP contribution is 2.35. The Morgan fingerprint density at radius 1 is 0.226 bits per heavy atom. The van der Waals surface area contributed by atoms with Gasteiger partial charge in [0, 0.05) is 49.9 Å². The van der Waals surface area contributed by atoms with Crippen LogP contribution in [-0.2, 0) is 0 Å². The van der Waals surface area contributed by atoms with Gasteiger partial charge in [-0.05, 0) is 123 Å². The van der Waals surface area contributed by atoms with Crippen molar-refractivity contribution in [2.75, 3.05) is 0 Å². The van der Waals surface area contributed by atoms with Gasteiger partial charge >= 0.3 is 0 Å². The van der Waals surface area contributed by atoms with Gasteiger partial charge in [0.25, 0.3) is 0 Å². The van der Waals surface area contributed by atoms with Gasteiger partial charge in [0.05, 0.1) is 11.0 Å². The zero-order chi connectivity index (χ0) is 34.9. The number of nitrogens with zero attached hydrogens (tertiary/aromatic N) is 3. The van der Waals surface area contributed by atoms with Crippen LogP contribution in [0, 0.1) is 0 Å². The van der Waals surface area contributed by atoms with E-state index in [1.54, 1.807) is 0 Å². The van der Waals surface area contributed by atoms with Gasteiger partial charge in [-0.25, -0.2) is 0 Å². The first-order chi connectivity index (χ1) is 26.3. The van der Waals surface area contributed by atoms with Crippen molar-refractivity contribution in [3.05, 3.63) is 200 Å². The molecule has 2 aromatic heterocycles. The summed E-state index contributed by atoms with van der Waals surface area (Å²) in [7, 11) is 0. The molecule has 9 aromatic carbocycles. The first kappa shape index (κ1) is 29.6. The van der Waals surface area contributed by atoms with Crippen molar-refractivity contribution in [3.8, 4) is 17.1 Å². The minimum atomic E-state index is 1.10. The van der Waals surface area contributed by atoms with Crippen LogP contribution in [0.3, 0.4) is 0 Å². The molecule has 0 atom stereocenters. The monoisotopic (exact) mass is 675 g/mol. The van der Waals surface area contributed by atoms with Crippen LogP contribution in [0.15, 0.2) is 200 Å². The highest BCUT2D eigenvalue weighted by molar-refractivity contribution is 6.11. The summed E-state index contributed by atoms with van der Waals surface area (Å²) >= 11 is 0. The maximum absolute atomic E-state index is 2.42. The molecular weight excluding hydrogens is 643 g/mol. The predicted octanol–water partition coefficient (Wildman–Crippen LogP) is 13.3. The van der Waals surface area contributed by atoms with E-state index >= 15 is 0 Å². The van der Waals surface area contributed by atoms with Gasteiger partial charge < -0.3 is 13.7 Å². The molecule has 0 radical (unpaired) electrons. The van der Waals surface area contributed by atoms with Crippen molar-refractivity contribution in [1.82, 2.24) is 13.7 Å². The smallest absolute Gasteiger partial charge is 0.0561 e. The van der Waals surface area contributed by atoms with E-state index in [4.69, 9.17) is 0 Å². The van der Waals surface area contributed by atoms with Crippen molar-refractivity contribution in [2.45, 2.75) is 0 Å². The first-order valence-corrected chi connectivity index (χ1v) is 18.2. The lowest BCUT2D eigenvalue weighted by molar-refractivity contribution is 1.14. The molecule has 0 amide bonds. The fourth-order valence-electron chi connectivity index (χ4n) is 8.38. The van der Waals surface area contributed by atoms with Gasteiger partial charge in [-0.3, -0.25) is 0 Å². The number of hydrogen-bond acceptors (Lipinski definition) is 0. The lowest BCUT2D eigenvalue weighted by Crippen LogP contribution is -1.99. The average Bonchev–Trinajstić information content (AvgIpc) is 3.55. The minimum absolute atomic E-state index is 1.10. The highest BCUT2D eigenvalue weighted by Gasteiger charge is 2.14. The van der Waals surface area contributed by atoms with E-state index in [1.165, 1.54) is 48.7 Å². The lowest BCUT2D eigenvalue weighted by Gasteiger charge is -2.15. The van der Waals surface area contributed by atoms with E-state index in [9.17, 15) is 0 Å². The number of benzene rings is 9. The maximum Gasteiger partial charge on any atom is 0.0561 e.